The summed E-state index contributed by atoms with van der Waals surface area (Å²) >= 11 is 0. The monoisotopic (exact) mass is 580 g/mol. The number of benzene rings is 1. The van der Waals surface area contributed by atoms with E-state index in [2.05, 4.69) is 141 Å². The van der Waals surface area contributed by atoms with Crippen molar-refractivity contribution in [2.45, 2.75) is 112 Å². The van der Waals surface area contributed by atoms with E-state index in [0.717, 1.165) is 38.4 Å². The topological polar surface area (TPSA) is 20.9 Å². The number of para-hydroxylation sites is 1. The second kappa shape index (κ2) is 16.4. The molecule has 3 heterocycles. The van der Waals surface area contributed by atoms with Crippen LogP contribution >= 0.6 is 0 Å². The third kappa shape index (κ3) is 10.0. The van der Waals surface area contributed by atoms with Gasteiger partial charge in [-0.15, -0.1) is 0 Å². The fourth-order valence-corrected chi connectivity index (χ4v) is 5.88. The van der Waals surface area contributed by atoms with E-state index in [4.69, 9.17) is 4.74 Å². The average Bonchev–Trinajstić information content (AvgIpc) is 2.99. The number of nitrogens with zero attached hydrogens (tertiary/aromatic N) is 3. The molecular weight excluding hydrogens is 526 g/mol. The van der Waals surface area contributed by atoms with Crippen LogP contribution in [0.4, 0.5) is 0 Å². The number of aromatic nitrogens is 3. The van der Waals surface area contributed by atoms with Crippen molar-refractivity contribution in [2.24, 2.45) is 0 Å². The Morgan fingerprint density at radius 2 is 1.00 bits per heavy atom. The van der Waals surface area contributed by atoms with Crippen LogP contribution in [0.5, 0.6) is 5.75 Å². The smallest absolute Gasteiger partial charge is 0.171 e. The Morgan fingerprint density at radius 1 is 0.558 bits per heavy atom. The van der Waals surface area contributed by atoms with Gasteiger partial charge in [-0.3, -0.25) is 0 Å². The second-order valence-electron chi connectivity index (χ2n) is 12.8. The number of rotatable bonds is 16. The molecule has 4 heteroatoms. The molecule has 4 nitrogen and oxygen atoms in total. The van der Waals surface area contributed by atoms with Gasteiger partial charge in [0.2, 0.25) is 0 Å². The third-order valence-electron chi connectivity index (χ3n) is 8.27. The molecule has 1 aromatic carbocycles. The van der Waals surface area contributed by atoms with E-state index in [1.807, 2.05) is 0 Å². The molecule has 0 N–H and O–H groups in total. The standard InChI is InChI=1S/C39H54N3O/c1-31(2)37-14-13-15-38(32(3)4)39(37)43-27-12-8-7-9-20-40-23-16-35(17-24-40)36-18-25-41(26-19-36)21-10-11-22-42-29-33(5)28-34(6)30-42/h13-19,23-26,28-32H,7-12,20-22,27H2,1-6H3/q+3. The van der Waals surface area contributed by atoms with Gasteiger partial charge in [0.05, 0.1) is 6.61 Å². The van der Waals surface area contributed by atoms with Gasteiger partial charge in [-0.05, 0) is 73.3 Å². The SMILES string of the molecule is Cc1cc(C)c[n+](CCCC[n+]2ccc(-c3cc[n+](CCCCCCOc4c(C(C)C)cccc4C(C)C)cc3)cc2)c1. The molecule has 3 aromatic heterocycles. The molecule has 0 saturated heterocycles. The average molecular weight is 581 g/mol. The number of pyridine rings is 3. The van der Waals surface area contributed by atoms with Crippen molar-refractivity contribution in [1.82, 2.24) is 0 Å². The molecule has 228 valence electrons. The number of unbranched alkanes of at least 4 members (excludes halogenated alkanes) is 4. The predicted molar refractivity (Wildman–Crippen MR) is 176 cm³/mol. The lowest BCUT2D eigenvalue weighted by molar-refractivity contribution is -0.708. The zero-order chi connectivity index (χ0) is 30.6. The van der Waals surface area contributed by atoms with Crippen LogP contribution in [0.2, 0.25) is 0 Å². The van der Waals surface area contributed by atoms with Crippen molar-refractivity contribution < 1.29 is 18.4 Å². The Labute approximate surface area is 261 Å². The van der Waals surface area contributed by atoms with Crippen molar-refractivity contribution in [2.75, 3.05) is 6.61 Å². The highest BCUT2D eigenvalue weighted by molar-refractivity contribution is 5.60. The summed E-state index contributed by atoms with van der Waals surface area (Å²) in [6, 6.07) is 17.8. The summed E-state index contributed by atoms with van der Waals surface area (Å²) in [5.41, 5.74) is 7.87. The van der Waals surface area contributed by atoms with Gasteiger partial charge in [-0.1, -0.05) is 45.9 Å². The summed E-state index contributed by atoms with van der Waals surface area (Å²) < 4.78 is 13.3. The van der Waals surface area contributed by atoms with Gasteiger partial charge in [0.1, 0.15) is 25.4 Å². The highest BCUT2D eigenvalue weighted by atomic mass is 16.5. The minimum absolute atomic E-state index is 0.476. The molecule has 0 fully saturated rings. The first kappa shape index (κ1) is 32.4. The highest BCUT2D eigenvalue weighted by Gasteiger charge is 2.15. The van der Waals surface area contributed by atoms with Crippen LogP contribution in [0.1, 0.15) is 100 Å². The zero-order valence-electron chi connectivity index (χ0n) is 27.6. The molecule has 0 aliphatic heterocycles. The molecular formula is C39H54N3O+3. The molecule has 0 spiro atoms. The van der Waals surface area contributed by atoms with Crippen molar-refractivity contribution in [3.63, 3.8) is 0 Å². The van der Waals surface area contributed by atoms with E-state index in [0.29, 0.717) is 11.8 Å². The molecule has 4 aromatic rings. The molecule has 0 bridgehead atoms. The van der Waals surface area contributed by atoms with Gasteiger partial charge in [0, 0.05) is 54.7 Å². The van der Waals surface area contributed by atoms with Gasteiger partial charge in [0.25, 0.3) is 0 Å². The van der Waals surface area contributed by atoms with Gasteiger partial charge in [-0.25, -0.2) is 13.7 Å². The van der Waals surface area contributed by atoms with Gasteiger partial charge < -0.3 is 4.74 Å². The first-order valence-electron chi connectivity index (χ1n) is 16.5. The Balaban J connectivity index is 1.14. The van der Waals surface area contributed by atoms with E-state index in [1.54, 1.807) is 0 Å². The molecule has 0 saturated carbocycles. The molecule has 0 radical (unpaired) electrons. The van der Waals surface area contributed by atoms with Crippen LogP contribution < -0.4 is 18.4 Å². The van der Waals surface area contributed by atoms with E-state index in [1.165, 1.54) is 65.5 Å². The lowest BCUT2D eigenvalue weighted by Gasteiger charge is -2.20. The van der Waals surface area contributed by atoms with E-state index in [-0.39, 0.29) is 0 Å². The third-order valence-corrected chi connectivity index (χ3v) is 8.27. The first-order valence-corrected chi connectivity index (χ1v) is 16.5. The largest absolute Gasteiger partial charge is 0.493 e. The summed E-state index contributed by atoms with van der Waals surface area (Å²) in [6.45, 7) is 17.3. The number of ether oxygens (including phenoxy) is 1. The molecule has 0 atom stereocenters. The van der Waals surface area contributed by atoms with Gasteiger partial charge >= 0.3 is 0 Å². The van der Waals surface area contributed by atoms with Crippen molar-refractivity contribution >= 4 is 0 Å². The van der Waals surface area contributed by atoms with E-state index in [9.17, 15) is 0 Å². The van der Waals surface area contributed by atoms with Crippen LogP contribution in [-0.4, -0.2) is 6.61 Å². The fraction of sp³-hybridized carbons (Fsp3) is 0.462. The Kier molecular flexibility index (Phi) is 12.3. The quantitative estimate of drug-likeness (QED) is 0.0967. The van der Waals surface area contributed by atoms with Crippen LogP contribution in [0.25, 0.3) is 11.1 Å². The number of hydrogen-bond acceptors (Lipinski definition) is 1. The van der Waals surface area contributed by atoms with Crippen molar-refractivity contribution in [3.8, 4) is 16.9 Å². The van der Waals surface area contributed by atoms with Crippen molar-refractivity contribution in [1.29, 1.82) is 0 Å². The summed E-state index contributed by atoms with van der Waals surface area (Å²) in [4.78, 5) is 0. The summed E-state index contributed by atoms with van der Waals surface area (Å²) in [6.07, 6.45) is 20.4. The highest BCUT2D eigenvalue weighted by Crippen LogP contribution is 2.34. The first-order chi connectivity index (χ1) is 20.8. The maximum Gasteiger partial charge on any atom is 0.171 e. The van der Waals surface area contributed by atoms with E-state index < -0.39 is 0 Å². The van der Waals surface area contributed by atoms with Crippen LogP contribution in [0.15, 0.2) is 85.7 Å². The van der Waals surface area contributed by atoms with Crippen LogP contribution in [0.3, 0.4) is 0 Å². The number of aryl methyl sites for hydroxylation is 5. The molecule has 43 heavy (non-hydrogen) atoms. The van der Waals surface area contributed by atoms with Crippen molar-refractivity contribution in [3.05, 3.63) is 108 Å². The Hall–Kier alpha value is -3.53. The minimum atomic E-state index is 0.476. The summed E-state index contributed by atoms with van der Waals surface area (Å²) in [5, 5.41) is 0. The van der Waals surface area contributed by atoms with E-state index >= 15 is 0 Å². The molecule has 0 aliphatic rings. The Bertz CT molecular complexity index is 1360. The minimum Gasteiger partial charge on any atom is -0.493 e. The molecule has 0 amide bonds. The fourth-order valence-electron chi connectivity index (χ4n) is 5.88. The maximum atomic E-state index is 6.36. The maximum absolute atomic E-state index is 6.36. The molecule has 4 rings (SSSR count). The lowest BCUT2D eigenvalue weighted by Crippen LogP contribution is -2.36. The van der Waals surface area contributed by atoms with Crippen LogP contribution in [-0.2, 0) is 19.6 Å². The second-order valence-corrected chi connectivity index (χ2v) is 12.8. The zero-order valence-corrected chi connectivity index (χ0v) is 27.6. The summed E-state index contributed by atoms with van der Waals surface area (Å²) in [7, 11) is 0. The number of hydrogen-bond donors (Lipinski definition) is 0. The lowest BCUT2D eigenvalue weighted by atomic mass is 9.94. The molecule has 0 aliphatic carbocycles. The predicted octanol–water partition coefficient (Wildman–Crippen LogP) is 8.20. The Morgan fingerprint density at radius 3 is 1.49 bits per heavy atom. The molecule has 0 unspecified atom stereocenters. The van der Waals surface area contributed by atoms with Crippen LogP contribution in [0, 0.1) is 13.8 Å². The normalized spacial score (nSPS) is 11.4. The van der Waals surface area contributed by atoms with Gasteiger partial charge in [0.15, 0.2) is 37.2 Å². The van der Waals surface area contributed by atoms with Gasteiger partial charge in [-0.2, -0.15) is 0 Å². The summed E-state index contributed by atoms with van der Waals surface area (Å²) in [5.74, 6) is 2.08.